The Balaban J connectivity index is 1.62. The summed E-state index contributed by atoms with van der Waals surface area (Å²) in [6.07, 6.45) is 1.81. The molecule has 2 aromatic carbocycles. The molecule has 0 saturated carbocycles. The van der Waals surface area contributed by atoms with Crippen molar-refractivity contribution in [2.45, 2.75) is 53.6 Å². The molecule has 7 nitrogen and oxygen atoms in total. The lowest BCUT2D eigenvalue weighted by atomic mass is 9.95. The van der Waals surface area contributed by atoms with E-state index in [0.717, 1.165) is 34.0 Å². The van der Waals surface area contributed by atoms with Gasteiger partial charge in [0.2, 0.25) is 5.91 Å². The zero-order valence-corrected chi connectivity index (χ0v) is 25.5. The van der Waals surface area contributed by atoms with Crippen LogP contribution in [0, 0.1) is 26.2 Å². The SMILES string of the molecule is COc1cc(N2C(=S)N[C@H](c3ccccn3)[C@@H]2c2cc(C)n(-c3ccc(C)cc3)c2C)ccc1NC(=O)C(C)(C)C. The number of ether oxygens (including phenoxy) is 1. The fourth-order valence-electron chi connectivity index (χ4n) is 5.37. The molecule has 0 spiro atoms. The molecular weight excluding hydrogens is 530 g/mol. The van der Waals surface area contributed by atoms with Gasteiger partial charge in [0, 0.05) is 40.4 Å². The molecule has 1 saturated heterocycles. The van der Waals surface area contributed by atoms with E-state index in [4.69, 9.17) is 21.9 Å². The lowest BCUT2D eigenvalue weighted by Gasteiger charge is -2.29. The second kappa shape index (κ2) is 11.0. The van der Waals surface area contributed by atoms with Crippen LogP contribution in [0.15, 0.2) is 72.9 Å². The topological polar surface area (TPSA) is 71.4 Å². The second-order valence-corrected chi connectivity index (χ2v) is 12.0. The van der Waals surface area contributed by atoms with Crippen molar-refractivity contribution < 1.29 is 9.53 Å². The Hall–Kier alpha value is -4.17. The van der Waals surface area contributed by atoms with Gasteiger partial charge in [-0.2, -0.15) is 0 Å². The van der Waals surface area contributed by atoms with Crippen LogP contribution >= 0.6 is 12.2 Å². The highest BCUT2D eigenvalue weighted by Crippen LogP contribution is 2.45. The van der Waals surface area contributed by atoms with Crippen LogP contribution in [0.4, 0.5) is 11.4 Å². The number of rotatable bonds is 6. The second-order valence-electron chi connectivity index (χ2n) is 11.6. The van der Waals surface area contributed by atoms with E-state index >= 15 is 0 Å². The van der Waals surface area contributed by atoms with Crippen LogP contribution in [0.3, 0.4) is 0 Å². The molecular formula is C33H37N5O2S. The first kappa shape index (κ1) is 28.4. The summed E-state index contributed by atoms with van der Waals surface area (Å²) in [5.74, 6) is 0.478. The molecule has 1 amide bonds. The zero-order valence-electron chi connectivity index (χ0n) is 24.6. The number of aryl methyl sites for hydroxylation is 2. The number of pyridine rings is 1. The van der Waals surface area contributed by atoms with Crippen molar-refractivity contribution in [3.8, 4) is 11.4 Å². The van der Waals surface area contributed by atoms with Crippen LogP contribution in [0.1, 0.15) is 61.1 Å². The normalized spacial score (nSPS) is 17.0. The minimum absolute atomic E-state index is 0.0847. The summed E-state index contributed by atoms with van der Waals surface area (Å²) in [5.41, 5.74) is 7.60. The first-order valence-electron chi connectivity index (χ1n) is 13.8. The van der Waals surface area contributed by atoms with E-state index in [-0.39, 0.29) is 18.0 Å². The molecule has 8 heteroatoms. The van der Waals surface area contributed by atoms with Gasteiger partial charge in [-0.25, -0.2) is 0 Å². The number of aromatic nitrogens is 2. The summed E-state index contributed by atoms with van der Waals surface area (Å²) in [6.45, 7) is 12.0. The summed E-state index contributed by atoms with van der Waals surface area (Å²) in [5, 5.41) is 7.15. The monoisotopic (exact) mass is 567 g/mol. The van der Waals surface area contributed by atoms with Crippen molar-refractivity contribution in [3.63, 3.8) is 0 Å². The van der Waals surface area contributed by atoms with Gasteiger partial charge in [-0.3, -0.25) is 9.78 Å². The number of amides is 1. The number of carbonyl (C=O) groups excluding carboxylic acids is 1. The Morgan fingerprint density at radius 1 is 1.00 bits per heavy atom. The van der Waals surface area contributed by atoms with E-state index in [1.165, 1.54) is 5.56 Å². The van der Waals surface area contributed by atoms with Crippen molar-refractivity contribution >= 4 is 34.6 Å². The Morgan fingerprint density at radius 3 is 2.34 bits per heavy atom. The number of thiocarbonyl (C=S) groups is 1. The maximum atomic E-state index is 12.7. The molecule has 2 N–H and O–H groups in total. The summed E-state index contributed by atoms with van der Waals surface area (Å²) in [6, 6.07) is 22.2. The summed E-state index contributed by atoms with van der Waals surface area (Å²) in [7, 11) is 1.61. The van der Waals surface area contributed by atoms with Gasteiger partial charge in [0.25, 0.3) is 0 Å². The first-order valence-corrected chi connectivity index (χ1v) is 14.2. The molecule has 5 rings (SSSR count). The maximum absolute atomic E-state index is 12.7. The molecule has 2 aromatic heterocycles. The number of anilines is 2. The van der Waals surface area contributed by atoms with Crippen molar-refractivity contribution in [1.29, 1.82) is 0 Å². The summed E-state index contributed by atoms with van der Waals surface area (Å²) in [4.78, 5) is 19.6. The summed E-state index contributed by atoms with van der Waals surface area (Å²) >= 11 is 5.97. The molecule has 4 aromatic rings. The highest BCUT2D eigenvalue weighted by Gasteiger charge is 2.42. The molecule has 0 radical (unpaired) electrons. The largest absolute Gasteiger partial charge is 0.494 e. The van der Waals surface area contributed by atoms with Gasteiger partial charge in [-0.15, -0.1) is 0 Å². The van der Waals surface area contributed by atoms with E-state index in [1.54, 1.807) is 7.11 Å². The lowest BCUT2D eigenvalue weighted by Crippen LogP contribution is -2.30. The van der Waals surface area contributed by atoms with Gasteiger partial charge in [0.15, 0.2) is 5.11 Å². The molecule has 0 bridgehead atoms. The van der Waals surface area contributed by atoms with Crippen LogP contribution in [0.2, 0.25) is 0 Å². The lowest BCUT2D eigenvalue weighted by molar-refractivity contribution is -0.123. The Bertz CT molecular complexity index is 1590. The Morgan fingerprint density at radius 2 is 1.71 bits per heavy atom. The fourth-order valence-corrected chi connectivity index (χ4v) is 5.72. The third-order valence-corrected chi connectivity index (χ3v) is 7.89. The predicted octanol–water partition coefficient (Wildman–Crippen LogP) is 6.97. The number of benzene rings is 2. The molecule has 41 heavy (non-hydrogen) atoms. The molecule has 1 fully saturated rings. The third kappa shape index (κ3) is 5.44. The van der Waals surface area contributed by atoms with E-state index in [2.05, 4.69) is 71.2 Å². The van der Waals surface area contributed by atoms with Crippen molar-refractivity contribution in [1.82, 2.24) is 14.9 Å². The first-order chi connectivity index (χ1) is 19.5. The van der Waals surface area contributed by atoms with E-state index < -0.39 is 5.41 Å². The number of nitrogens with zero attached hydrogens (tertiary/aromatic N) is 3. The Labute approximate surface area is 247 Å². The highest BCUT2D eigenvalue weighted by atomic mass is 32.1. The maximum Gasteiger partial charge on any atom is 0.229 e. The Kier molecular flexibility index (Phi) is 7.62. The number of hydrogen-bond acceptors (Lipinski definition) is 4. The highest BCUT2D eigenvalue weighted by molar-refractivity contribution is 7.80. The molecule has 2 atom stereocenters. The van der Waals surface area contributed by atoms with Gasteiger partial charge in [-0.05, 0) is 81.0 Å². The van der Waals surface area contributed by atoms with Crippen LogP contribution in [-0.2, 0) is 4.79 Å². The molecule has 212 valence electrons. The number of carbonyl (C=O) groups is 1. The van der Waals surface area contributed by atoms with Crippen molar-refractivity contribution in [3.05, 3.63) is 101 Å². The number of hydrogen-bond donors (Lipinski definition) is 2. The molecule has 1 aliphatic rings. The van der Waals surface area contributed by atoms with Gasteiger partial charge >= 0.3 is 0 Å². The number of methoxy groups -OCH3 is 1. The van der Waals surface area contributed by atoms with Crippen LogP contribution < -0.4 is 20.3 Å². The van der Waals surface area contributed by atoms with Gasteiger partial charge in [0.05, 0.1) is 30.6 Å². The molecule has 0 unspecified atom stereocenters. The smallest absolute Gasteiger partial charge is 0.229 e. The fraction of sp³-hybridized carbons (Fsp3) is 0.303. The number of nitrogens with one attached hydrogen (secondary N) is 2. The quantitative estimate of drug-likeness (QED) is 0.245. The minimum atomic E-state index is -0.537. The molecule has 3 heterocycles. The van der Waals surface area contributed by atoms with Crippen LogP contribution in [0.25, 0.3) is 5.69 Å². The van der Waals surface area contributed by atoms with Gasteiger partial charge < -0.3 is 24.8 Å². The van der Waals surface area contributed by atoms with Crippen LogP contribution in [0.5, 0.6) is 5.75 Å². The zero-order chi connectivity index (χ0) is 29.5. The van der Waals surface area contributed by atoms with E-state index in [0.29, 0.717) is 16.5 Å². The van der Waals surface area contributed by atoms with Crippen molar-refractivity contribution in [2.75, 3.05) is 17.3 Å². The van der Waals surface area contributed by atoms with Crippen LogP contribution in [-0.4, -0.2) is 27.7 Å². The summed E-state index contributed by atoms with van der Waals surface area (Å²) < 4.78 is 8.03. The van der Waals surface area contributed by atoms with E-state index in [1.807, 2.05) is 63.4 Å². The van der Waals surface area contributed by atoms with Crippen molar-refractivity contribution in [2.24, 2.45) is 5.41 Å². The molecule has 1 aliphatic heterocycles. The minimum Gasteiger partial charge on any atom is -0.494 e. The predicted molar refractivity (Wildman–Crippen MR) is 169 cm³/mol. The average Bonchev–Trinajstić information content (AvgIpc) is 3.44. The standard InChI is InChI=1S/C33H37N5O2S/c1-20-11-13-23(14-12-20)37-21(2)18-25(22(37)3)30-29(27-10-8-9-17-34-27)36-32(41)38(30)24-15-16-26(28(19-24)40-7)35-31(39)33(4,5)6/h8-19,29-30H,1-7H3,(H,35,39)(H,36,41)/t29-,30+/m1/s1. The van der Waals surface area contributed by atoms with E-state index in [9.17, 15) is 4.79 Å². The van der Waals surface area contributed by atoms with Gasteiger partial charge in [0.1, 0.15) is 5.75 Å². The average molecular weight is 568 g/mol. The van der Waals surface area contributed by atoms with Gasteiger partial charge in [-0.1, -0.05) is 44.5 Å². The molecule has 0 aliphatic carbocycles. The third-order valence-electron chi connectivity index (χ3n) is 7.57.